The topological polar surface area (TPSA) is 48.1 Å². The Hall–Kier alpha value is -1.55. The number of rotatable bonds is 4. The molecule has 4 heteroatoms. The minimum absolute atomic E-state index is 0.266. The third kappa shape index (κ3) is 2.33. The molecule has 1 aliphatic rings. The molecule has 0 amide bonds. The van der Waals surface area contributed by atoms with Crippen LogP contribution in [0.5, 0.6) is 5.75 Å². The van der Waals surface area contributed by atoms with Crippen molar-refractivity contribution in [2.24, 2.45) is 0 Å². The summed E-state index contributed by atoms with van der Waals surface area (Å²) in [7, 11) is 1.61. The summed E-state index contributed by atoms with van der Waals surface area (Å²) in [6, 6.07) is 7.39. The Labute approximate surface area is 94.1 Å². The molecule has 1 fully saturated rings. The van der Waals surface area contributed by atoms with Gasteiger partial charge >= 0.3 is 5.97 Å². The van der Waals surface area contributed by atoms with E-state index in [-0.39, 0.29) is 12.6 Å². The number of carbonyl (C=O) groups excluding carboxylic acids is 1. The van der Waals surface area contributed by atoms with Gasteiger partial charge in [-0.1, -0.05) is 12.1 Å². The van der Waals surface area contributed by atoms with E-state index in [2.05, 4.69) is 0 Å². The van der Waals surface area contributed by atoms with Gasteiger partial charge in [0.15, 0.2) is 5.60 Å². The van der Waals surface area contributed by atoms with Crippen LogP contribution in [0.4, 0.5) is 0 Å². The molecule has 0 unspecified atom stereocenters. The highest BCUT2D eigenvalue weighted by Crippen LogP contribution is 2.27. The molecule has 1 atom stereocenters. The van der Waals surface area contributed by atoms with Crippen molar-refractivity contribution in [1.29, 1.82) is 0 Å². The molecule has 0 aliphatic carbocycles. The van der Waals surface area contributed by atoms with Crippen molar-refractivity contribution in [3.8, 4) is 5.75 Å². The lowest BCUT2D eigenvalue weighted by atomic mass is 10.2. The minimum Gasteiger partial charge on any atom is -0.497 e. The highest BCUT2D eigenvalue weighted by molar-refractivity contribution is 5.81. The molecule has 16 heavy (non-hydrogen) atoms. The Bertz CT molecular complexity index is 379. The Morgan fingerprint density at radius 3 is 2.56 bits per heavy atom. The van der Waals surface area contributed by atoms with Crippen LogP contribution in [0.15, 0.2) is 24.3 Å². The van der Waals surface area contributed by atoms with E-state index in [1.165, 1.54) is 0 Å². The van der Waals surface area contributed by atoms with Crippen LogP contribution < -0.4 is 4.74 Å². The average Bonchev–Trinajstić information content (AvgIpc) is 3.06. The van der Waals surface area contributed by atoms with E-state index in [0.717, 1.165) is 11.3 Å². The van der Waals surface area contributed by atoms with E-state index in [1.807, 2.05) is 24.3 Å². The summed E-state index contributed by atoms with van der Waals surface area (Å²) in [6.45, 7) is 2.44. The maximum absolute atomic E-state index is 11.5. The number of benzene rings is 1. The monoisotopic (exact) mass is 222 g/mol. The highest BCUT2D eigenvalue weighted by Gasteiger charge is 2.48. The fraction of sp³-hybridized carbons (Fsp3) is 0.417. The first kappa shape index (κ1) is 11.0. The zero-order valence-electron chi connectivity index (χ0n) is 9.36. The summed E-state index contributed by atoms with van der Waals surface area (Å²) in [4.78, 5) is 11.5. The fourth-order valence-corrected chi connectivity index (χ4v) is 1.25. The van der Waals surface area contributed by atoms with E-state index in [0.29, 0.717) is 6.61 Å². The first-order valence-electron chi connectivity index (χ1n) is 5.08. The summed E-state index contributed by atoms with van der Waals surface area (Å²) >= 11 is 0. The number of epoxide rings is 1. The third-order valence-corrected chi connectivity index (χ3v) is 2.54. The molecular weight excluding hydrogens is 208 g/mol. The van der Waals surface area contributed by atoms with Gasteiger partial charge in [0, 0.05) is 0 Å². The number of ether oxygens (including phenoxy) is 3. The van der Waals surface area contributed by atoms with Crippen LogP contribution in [0, 0.1) is 0 Å². The van der Waals surface area contributed by atoms with Crippen LogP contribution in [-0.4, -0.2) is 25.3 Å². The Morgan fingerprint density at radius 1 is 1.44 bits per heavy atom. The van der Waals surface area contributed by atoms with Crippen LogP contribution in [0.2, 0.25) is 0 Å². The summed E-state index contributed by atoms with van der Waals surface area (Å²) in [6.07, 6.45) is 0. The predicted octanol–water partition coefficient (Wildman–Crippen LogP) is 1.53. The van der Waals surface area contributed by atoms with Gasteiger partial charge in [-0.05, 0) is 24.6 Å². The second-order valence-electron chi connectivity index (χ2n) is 3.94. The molecule has 0 radical (unpaired) electrons. The number of methoxy groups -OCH3 is 1. The van der Waals surface area contributed by atoms with Crippen LogP contribution in [0.25, 0.3) is 0 Å². The number of hydrogen-bond donors (Lipinski definition) is 0. The van der Waals surface area contributed by atoms with Crippen LogP contribution in [0.3, 0.4) is 0 Å². The van der Waals surface area contributed by atoms with Gasteiger partial charge in [0.2, 0.25) is 0 Å². The number of carbonyl (C=O) groups is 1. The van der Waals surface area contributed by atoms with Gasteiger partial charge in [-0.3, -0.25) is 0 Å². The van der Waals surface area contributed by atoms with E-state index in [9.17, 15) is 4.79 Å². The minimum atomic E-state index is -0.702. The summed E-state index contributed by atoms with van der Waals surface area (Å²) in [5.74, 6) is 0.482. The van der Waals surface area contributed by atoms with Gasteiger partial charge in [-0.2, -0.15) is 0 Å². The molecular formula is C12H14O4. The van der Waals surface area contributed by atoms with E-state index in [1.54, 1.807) is 14.0 Å². The smallest absolute Gasteiger partial charge is 0.340 e. The van der Waals surface area contributed by atoms with Crippen molar-refractivity contribution in [1.82, 2.24) is 0 Å². The van der Waals surface area contributed by atoms with Gasteiger partial charge < -0.3 is 14.2 Å². The quantitative estimate of drug-likeness (QED) is 0.572. The fourth-order valence-electron chi connectivity index (χ4n) is 1.25. The maximum Gasteiger partial charge on any atom is 0.340 e. The van der Waals surface area contributed by atoms with Crippen molar-refractivity contribution >= 4 is 5.97 Å². The summed E-state index contributed by atoms with van der Waals surface area (Å²) < 4.78 is 15.1. The SMILES string of the molecule is COc1ccc(COC(=O)[C@@]2(C)CO2)cc1. The van der Waals surface area contributed by atoms with Crippen molar-refractivity contribution < 1.29 is 19.0 Å². The van der Waals surface area contributed by atoms with Crippen LogP contribution >= 0.6 is 0 Å². The zero-order chi connectivity index (χ0) is 11.6. The molecule has 0 saturated carbocycles. The van der Waals surface area contributed by atoms with E-state index < -0.39 is 5.60 Å². The lowest BCUT2D eigenvalue weighted by Crippen LogP contribution is -2.22. The molecule has 1 heterocycles. The zero-order valence-corrected chi connectivity index (χ0v) is 9.36. The Balaban J connectivity index is 1.87. The Kier molecular flexibility index (Phi) is 2.83. The molecule has 1 aliphatic heterocycles. The summed E-state index contributed by atoms with van der Waals surface area (Å²) in [5.41, 5.74) is 0.227. The molecule has 4 nitrogen and oxygen atoms in total. The molecule has 2 rings (SSSR count). The molecule has 1 saturated heterocycles. The first-order chi connectivity index (χ1) is 7.64. The Morgan fingerprint density at radius 2 is 2.06 bits per heavy atom. The molecule has 0 bridgehead atoms. The van der Waals surface area contributed by atoms with Gasteiger partial charge in [0.25, 0.3) is 0 Å². The van der Waals surface area contributed by atoms with Crippen LogP contribution in [0.1, 0.15) is 12.5 Å². The van der Waals surface area contributed by atoms with Gasteiger partial charge in [0.1, 0.15) is 12.4 Å². The van der Waals surface area contributed by atoms with Crippen molar-refractivity contribution in [3.05, 3.63) is 29.8 Å². The average molecular weight is 222 g/mol. The van der Waals surface area contributed by atoms with Gasteiger partial charge in [-0.15, -0.1) is 0 Å². The van der Waals surface area contributed by atoms with Crippen molar-refractivity contribution in [2.45, 2.75) is 19.1 Å². The lowest BCUT2D eigenvalue weighted by molar-refractivity contribution is -0.150. The second-order valence-corrected chi connectivity index (χ2v) is 3.94. The van der Waals surface area contributed by atoms with Crippen molar-refractivity contribution in [2.75, 3.05) is 13.7 Å². The molecule has 86 valence electrons. The molecule has 1 aromatic rings. The molecule has 0 spiro atoms. The second kappa shape index (κ2) is 4.14. The molecule has 0 aromatic heterocycles. The normalized spacial score (nSPS) is 22.6. The largest absolute Gasteiger partial charge is 0.497 e. The number of hydrogen-bond acceptors (Lipinski definition) is 4. The van der Waals surface area contributed by atoms with E-state index in [4.69, 9.17) is 14.2 Å². The first-order valence-corrected chi connectivity index (χ1v) is 5.08. The number of esters is 1. The van der Waals surface area contributed by atoms with E-state index >= 15 is 0 Å². The molecule has 0 N–H and O–H groups in total. The predicted molar refractivity (Wildman–Crippen MR) is 57.1 cm³/mol. The van der Waals surface area contributed by atoms with Gasteiger partial charge in [0.05, 0.1) is 13.7 Å². The standard InChI is InChI=1S/C12H14O4/c1-12(8-16-12)11(13)15-7-9-3-5-10(14-2)6-4-9/h3-6H,7-8H2,1-2H3/t12-/m1/s1. The maximum atomic E-state index is 11.5. The lowest BCUT2D eigenvalue weighted by Gasteiger charge is -2.07. The highest BCUT2D eigenvalue weighted by atomic mass is 16.6. The molecule has 1 aromatic carbocycles. The van der Waals surface area contributed by atoms with Crippen molar-refractivity contribution in [3.63, 3.8) is 0 Å². The van der Waals surface area contributed by atoms with Gasteiger partial charge in [-0.25, -0.2) is 4.79 Å². The third-order valence-electron chi connectivity index (χ3n) is 2.54. The summed E-state index contributed by atoms with van der Waals surface area (Å²) in [5, 5.41) is 0. The van der Waals surface area contributed by atoms with Crippen LogP contribution in [-0.2, 0) is 20.9 Å².